The summed E-state index contributed by atoms with van der Waals surface area (Å²) >= 11 is 0. The number of carbonyl (C=O) groups is 2. The minimum absolute atomic E-state index is 0.000000000000000444. The maximum Gasteiger partial charge on any atom is 0.244 e. The van der Waals surface area contributed by atoms with Crippen LogP contribution in [0.25, 0.3) is 0 Å². The van der Waals surface area contributed by atoms with Gasteiger partial charge in [-0.05, 0) is 18.8 Å². The average molecular weight is 180 g/mol. The van der Waals surface area contributed by atoms with E-state index in [9.17, 15) is 9.59 Å². The number of nitrogens with two attached hydrogens (primary N) is 2. The molecule has 0 aromatic carbocycles. The predicted molar refractivity (Wildman–Crippen MR) is 46.2 cm³/mol. The average Bonchev–Trinajstić information content (AvgIpc) is 2.60. The van der Waals surface area contributed by atoms with Crippen molar-refractivity contribution in [2.24, 2.45) is 29.2 Å². The zero-order chi connectivity index (χ0) is 9.59. The van der Waals surface area contributed by atoms with Gasteiger partial charge in [-0.25, -0.2) is 0 Å². The number of allylic oxidation sites excluding steroid dienone is 1. The molecule has 2 bridgehead atoms. The molecule has 2 amide bonds. The second kappa shape index (κ2) is 2.58. The van der Waals surface area contributed by atoms with E-state index in [0.717, 1.165) is 12.8 Å². The van der Waals surface area contributed by atoms with Gasteiger partial charge in [0.25, 0.3) is 0 Å². The molecule has 1 saturated carbocycles. The molecule has 70 valence electrons. The Morgan fingerprint density at radius 1 is 1.31 bits per heavy atom. The van der Waals surface area contributed by atoms with Gasteiger partial charge in [0.15, 0.2) is 0 Å². The zero-order valence-electron chi connectivity index (χ0n) is 7.19. The van der Waals surface area contributed by atoms with Crippen LogP contribution in [0.2, 0.25) is 0 Å². The van der Waals surface area contributed by atoms with Gasteiger partial charge >= 0.3 is 0 Å². The standard InChI is InChI=1S/C9H12N2O2/c10-8(12)6-2-4-1-5(6)7(3-4)9(11)13/h2,4-5,7H,1,3H2,(H2,10,12)(H2,11,13). The van der Waals surface area contributed by atoms with Crippen molar-refractivity contribution < 1.29 is 9.59 Å². The largest absolute Gasteiger partial charge is 0.369 e. The van der Waals surface area contributed by atoms with E-state index in [1.165, 1.54) is 0 Å². The monoisotopic (exact) mass is 180 g/mol. The van der Waals surface area contributed by atoms with Crippen molar-refractivity contribution in [3.8, 4) is 0 Å². The van der Waals surface area contributed by atoms with Gasteiger partial charge in [-0.2, -0.15) is 0 Å². The fraction of sp³-hybridized carbons (Fsp3) is 0.556. The molecule has 3 unspecified atom stereocenters. The summed E-state index contributed by atoms with van der Waals surface area (Å²) < 4.78 is 0. The number of carbonyl (C=O) groups excluding carboxylic acids is 2. The van der Waals surface area contributed by atoms with E-state index in [4.69, 9.17) is 11.5 Å². The fourth-order valence-corrected chi connectivity index (χ4v) is 2.51. The van der Waals surface area contributed by atoms with E-state index >= 15 is 0 Å². The molecule has 0 spiro atoms. The van der Waals surface area contributed by atoms with Crippen LogP contribution in [-0.4, -0.2) is 11.8 Å². The number of fused-ring (bicyclic) bond motifs is 2. The van der Waals surface area contributed by atoms with Crippen LogP contribution in [0.5, 0.6) is 0 Å². The van der Waals surface area contributed by atoms with Crippen molar-refractivity contribution in [3.05, 3.63) is 11.6 Å². The molecule has 0 saturated heterocycles. The van der Waals surface area contributed by atoms with E-state index in [0.29, 0.717) is 11.5 Å². The summed E-state index contributed by atoms with van der Waals surface area (Å²) in [4.78, 5) is 22.0. The van der Waals surface area contributed by atoms with Gasteiger partial charge in [-0.15, -0.1) is 0 Å². The summed E-state index contributed by atoms with van der Waals surface area (Å²) in [6.45, 7) is 0. The first-order valence-corrected chi connectivity index (χ1v) is 4.40. The van der Waals surface area contributed by atoms with Gasteiger partial charge in [-0.3, -0.25) is 9.59 Å². The third-order valence-corrected chi connectivity index (χ3v) is 3.06. The first-order valence-electron chi connectivity index (χ1n) is 4.40. The Morgan fingerprint density at radius 3 is 2.46 bits per heavy atom. The molecule has 0 aromatic heterocycles. The number of amides is 2. The van der Waals surface area contributed by atoms with Crippen LogP contribution in [-0.2, 0) is 9.59 Å². The third kappa shape index (κ3) is 1.13. The maximum absolute atomic E-state index is 11.0. The Hall–Kier alpha value is -1.32. The predicted octanol–water partition coefficient (Wildman–Crippen LogP) is -0.461. The molecule has 4 heteroatoms. The van der Waals surface area contributed by atoms with Crippen molar-refractivity contribution in [2.45, 2.75) is 12.8 Å². The molecule has 2 rings (SSSR count). The molecule has 0 aliphatic heterocycles. The van der Waals surface area contributed by atoms with Crippen molar-refractivity contribution in [2.75, 3.05) is 0 Å². The van der Waals surface area contributed by atoms with Crippen LogP contribution in [0, 0.1) is 17.8 Å². The molecule has 4 nitrogen and oxygen atoms in total. The summed E-state index contributed by atoms with van der Waals surface area (Å²) in [6, 6.07) is 0. The van der Waals surface area contributed by atoms with Gasteiger partial charge in [0.1, 0.15) is 0 Å². The molecule has 3 atom stereocenters. The van der Waals surface area contributed by atoms with Gasteiger partial charge in [0.2, 0.25) is 11.8 Å². The smallest absolute Gasteiger partial charge is 0.244 e. The zero-order valence-corrected chi connectivity index (χ0v) is 7.19. The molecule has 2 aliphatic rings. The lowest BCUT2D eigenvalue weighted by Crippen LogP contribution is -2.31. The van der Waals surface area contributed by atoms with Crippen LogP contribution in [0.1, 0.15) is 12.8 Å². The number of hydrogen-bond acceptors (Lipinski definition) is 2. The van der Waals surface area contributed by atoms with Crippen molar-refractivity contribution in [1.29, 1.82) is 0 Å². The first kappa shape index (κ1) is 8.29. The highest BCUT2D eigenvalue weighted by molar-refractivity contribution is 5.94. The molecule has 0 radical (unpaired) electrons. The molecule has 0 heterocycles. The Morgan fingerprint density at radius 2 is 2.00 bits per heavy atom. The maximum atomic E-state index is 11.0. The highest BCUT2D eigenvalue weighted by atomic mass is 16.1. The summed E-state index contributed by atoms with van der Waals surface area (Å²) in [5.74, 6) is -0.541. The first-order chi connectivity index (χ1) is 6.09. The summed E-state index contributed by atoms with van der Waals surface area (Å²) in [6.07, 6.45) is 3.55. The van der Waals surface area contributed by atoms with E-state index in [1.807, 2.05) is 6.08 Å². The minimum Gasteiger partial charge on any atom is -0.369 e. The van der Waals surface area contributed by atoms with Crippen molar-refractivity contribution in [3.63, 3.8) is 0 Å². The van der Waals surface area contributed by atoms with Crippen LogP contribution in [0.4, 0.5) is 0 Å². The topological polar surface area (TPSA) is 86.2 Å². The lowest BCUT2D eigenvalue weighted by Gasteiger charge is -2.18. The Balaban J connectivity index is 2.25. The number of rotatable bonds is 2. The summed E-state index contributed by atoms with van der Waals surface area (Å²) in [5, 5.41) is 0. The van der Waals surface area contributed by atoms with Crippen LogP contribution >= 0.6 is 0 Å². The van der Waals surface area contributed by atoms with E-state index < -0.39 is 5.91 Å². The third-order valence-electron chi connectivity index (χ3n) is 3.06. The van der Waals surface area contributed by atoms with Gasteiger partial charge < -0.3 is 11.5 Å². The quantitative estimate of drug-likeness (QED) is 0.602. The molecule has 1 fully saturated rings. The summed E-state index contributed by atoms with van der Waals surface area (Å²) in [5.41, 5.74) is 11.0. The highest BCUT2D eigenvalue weighted by Crippen LogP contribution is 2.47. The Bertz CT molecular complexity index is 309. The van der Waals surface area contributed by atoms with Crippen molar-refractivity contribution in [1.82, 2.24) is 0 Å². The number of primary amides is 2. The van der Waals surface area contributed by atoms with E-state index in [2.05, 4.69) is 0 Å². The molecular formula is C9H12N2O2. The Kier molecular flexibility index (Phi) is 1.65. The van der Waals surface area contributed by atoms with E-state index in [-0.39, 0.29) is 17.7 Å². The molecule has 0 aromatic rings. The number of hydrogen-bond donors (Lipinski definition) is 2. The SMILES string of the molecule is NC(=O)C1=CC2CC(C(N)=O)C1C2. The van der Waals surface area contributed by atoms with Gasteiger partial charge in [0.05, 0.1) is 0 Å². The van der Waals surface area contributed by atoms with Gasteiger partial charge in [-0.1, -0.05) is 6.08 Å². The van der Waals surface area contributed by atoms with E-state index in [1.54, 1.807) is 0 Å². The molecule has 2 aliphatic carbocycles. The van der Waals surface area contributed by atoms with Gasteiger partial charge in [0, 0.05) is 17.4 Å². The second-order valence-corrected chi connectivity index (χ2v) is 3.83. The summed E-state index contributed by atoms with van der Waals surface area (Å²) in [7, 11) is 0. The minimum atomic E-state index is -0.404. The fourth-order valence-electron chi connectivity index (χ4n) is 2.51. The molecule has 4 N–H and O–H groups in total. The van der Waals surface area contributed by atoms with Crippen LogP contribution in [0.15, 0.2) is 11.6 Å². The lowest BCUT2D eigenvalue weighted by atomic mass is 9.86. The van der Waals surface area contributed by atoms with Crippen molar-refractivity contribution >= 4 is 11.8 Å². The normalized spacial score (nSPS) is 36.0. The second-order valence-electron chi connectivity index (χ2n) is 3.83. The molecular weight excluding hydrogens is 168 g/mol. The lowest BCUT2D eigenvalue weighted by molar-refractivity contribution is -0.122. The highest BCUT2D eigenvalue weighted by Gasteiger charge is 2.44. The van der Waals surface area contributed by atoms with Crippen LogP contribution < -0.4 is 11.5 Å². The molecule has 13 heavy (non-hydrogen) atoms. The van der Waals surface area contributed by atoms with Crippen LogP contribution in [0.3, 0.4) is 0 Å². The Labute approximate surface area is 76.0 Å².